The Hall–Kier alpha value is -2.30. The van der Waals surface area contributed by atoms with Gasteiger partial charge in [0.05, 0.1) is 12.5 Å². The van der Waals surface area contributed by atoms with Crippen molar-refractivity contribution in [3.05, 3.63) is 42.5 Å². The van der Waals surface area contributed by atoms with Gasteiger partial charge < -0.3 is 14.8 Å². The fraction of sp³-hybridized carbons (Fsp3) is 0.375. The molecule has 0 unspecified atom stereocenters. The number of carbonyl (C=O) groups is 2. The lowest BCUT2D eigenvalue weighted by atomic mass is 10.2. The number of ether oxygens (including phenoxy) is 2. The molecule has 0 aromatic heterocycles. The number of nitrogens with one attached hydrogen (secondary N) is 1. The second-order valence-electron chi connectivity index (χ2n) is 4.67. The molecule has 1 aromatic carbocycles. The molecule has 0 saturated carbocycles. The normalized spacial score (nSPS) is 10.0. The minimum absolute atomic E-state index is 0.142. The van der Waals surface area contributed by atoms with E-state index in [1.54, 1.807) is 44.2 Å². The molecular weight excluding hydrogens is 270 g/mol. The maximum absolute atomic E-state index is 11.9. The molecule has 0 aliphatic carbocycles. The lowest BCUT2D eigenvalue weighted by Gasteiger charge is -2.09. The molecule has 0 aliphatic heterocycles. The van der Waals surface area contributed by atoms with Crippen molar-refractivity contribution in [2.45, 2.75) is 26.4 Å². The molecule has 1 amide bonds. The summed E-state index contributed by atoms with van der Waals surface area (Å²) in [7, 11) is 0. The van der Waals surface area contributed by atoms with Gasteiger partial charge >= 0.3 is 5.97 Å². The quantitative estimate of drug-likeness (QED) is 0.589. The number of hydrogen-bond acceptors (Lipinski definition) is 4. The maximum atomic E-state index is 11.9. The predicted octanol–water partition coefficient (Wildman–Crippen LogP) is 2.32. The Bertz CT molecular complexity index is 480. The third-order valence-electron chi connectivity index (χ3n) is 2.47. The first kappa shape index (κ1) is 16.8. The van der Waals surface area contributed by atoms with E-state index in [0.29, 0.717) is 17.9 Å². The van der Waals surface area contributed by atoms with Gasteiger partial charge in [-0.3, -0.25) is 9.59 Å². The van der Waals surface area contributed by atoms with Crippen LogP contribution in [0.25, 0.3) is 0 Å². The molecule has 1 aromatic rings. The zero-order valence-corrected chi connectivity index (χ0v) is 12.4. The summed E-state index contributed by atoms with van der Waals surface area (Å²) in [6.07, 6.45) is 1.66. The van der Waals surface area contributed by atoms with Crippen LogP contribution >= 0.6 is 0 Å². The summed E-state index contributed by atoms with van der Waals surface area (Å²) >= 11 is 0. The van der Waals surface area contributed by atoms with E-state index in [4.69, 9.17) is 9.47 Å². The van der Waals surface area contributed by atoms with Crippen molar-refractivity contribution >= 4 is 11.9 Å². The van der Waals surface area contributed by atoms with Gasteiger partial charge in [0, 0.05) is 12.1 Å². The van der Waals surface area contributed by atoms with Crippen LogP contribution < -0.4 is 10.1 Å². The van der Waals surface area contributed by atoms with Crippen LogP contribution in [0.1, 0.15) is 30.6 Å². The van der Waals surface area contributed by atoms with Crippen LogP contribution in [0.15, 0.2) is 36.9 Å². The second kappa shape index (κ2) is 8.79. The highest BCUT2D eigenvalue weighted by molar-refractivity contribution is 5.94. The molecule has 0 aliphatic rings. The van der Waals surface area contributed by atoms with Crippen LogP contribution in [-0.2, 0) is 9.53 Å². The first-order chi connectivity index (χ1) is 10.0. The average Bonchev–Trinajstić information content (AvgIpc) is 2.44. The molecule has 0 fully saturated rings. The van der Waals surface area contributed by atoms with E-state index in [1.165, 1.54) is 0 Å². The third kappa shape index (κ3) is 6.61. The van der Waals surface area contributed by atoms with Crippen molar-refractivity contribution in [1.29, 1.82) is 0 Å². The Labute approximate surface area is 124 Å². The van der Waals surface area contributed by atoms with Crippen molar-refractivity contribution < 1.29 is 19.1 Å². The molecule has 5 heteroatoms. The van der Waals surface area contributed by atoms with Crippen molar-refractivity contribution in [2.75, 3.05) is 13.2 Å². The summed E-state index contributed by atoms with van der Waals surface area (Å²) < 4.78 is 10.3. The Morgan fingerprint density at radius 3 is 2.52 bits per heavy atom. The van der Waals surface area contributed by atoms with Crippen LogP contribution in [-0.4, -0.2) is 31.1 Å². The smallest absolute Gasteiger partial charge is 0.307 e. The average molecular weight is 291 g/mol. The largest absolute Gasteiger partial charge is 0.490 e. The number of benzene rings is 1. The lowest BCUT2D eigenvalue weighted by Crippen LogP contribution is -2.27. The van der Waals surface area contributed by atoms with Crippen LogP contribution in [0.4, 0.5) is 0 Å². The Balaban J connectivity index is 2.38. The summed E-state index contributed by atoms with van der Waals surface area (Å²) in [5, 5.41) is 2.67. The van der Waals surface area contributed by atoms with Crippen LogP contribution in [0.5, 0.6) is 5.75 Å². The molecular formula is C16H21NO4. The zero-order valence-electron chi connectivity index (χ0n) is 12.4. The first-order valence-electron chi connectivity index (χ1n) is 6.84. The highest BCUT2D eigenvalue weighted by atomic mass is 16.5. The Kier molecular flexibility index (Phi) is 7.01. The minimum atomic E-state index is -0.321. The summed E-state index contributed by atoms with van der Waals surface area (Å²) in [4.78, 5) is 23.2. The predicted molar refractivity (Wildman–Crippen MR) is 80.3 cm³/mol. The fourth-order valence-corrected chi connectivity index (χ4v) is 1.56. The van der Waals surface area contributed by atoms with Gasteiger partial charge in [-0.1, -0.05) is 12.7 Å². The molecule has 0 bridgehead atoms. The number of carbonyl (C=O) groups excluding carboxylic acids is 2. The molecule has 21 heavy (non-hydrogen) atoms. The first-order valence-corrected chi connectivity index (χ1v) is 6.84. The SMILES string of the molecule is C=CCOc1ccc(C(=O)NCCC(=O)OC(C)C)cc1. The highest BCUT2D eigenvalue weighted by Gasteiger charge is 2.08. The van der Waals surface area contributed by atoms with E-state index in [2.05, 4.69) is 11.9 Å². The molecule has 1 rings (SSSR count). The molecule has 0 saturated heterocycles. The third-order valence-corrected chi connectivity index (χ3v) is 2.47. The molecule has 5 nitrogen and oxygen atoms in total. The monoisotopic (exact) mass is 291 g/mol. The van der Waals surface area contributed by atoms with Gasteiger partial charge in [0.15, 0.2) is 0 Å². The van der Waals surface area contributed by atoms with Crippen LogP contribution in [0, 0.1) is 0 Å². The van der Waals surface area contributed by atoms with E-state index >= 15 is 0 Å². The van der Waals surface area contributed by atoms with Gasteiger partial charge in [0.2, 0.25) is 0 Å². The van der Waals surface area contributed by atoms with E-state index in [1.807, 2.05) is 0 Å². The Morgan fingerprint density at radius 2 is 1.95 bits per heavy atom. The molecule has 1 N–H and O–H groups in total. The Morgan fingerprint density at radius 1 is 1.29 bits per heavy atom. The van der Waals surface area contributed by atoms with E-state index in [-0.39, 0.29) is 30.9 Å². The van der Waals surface area contributed by atoms with Crippen molar-refractivity contribution in [2.24, 2.45) is 0 Å². The van der Waals surface area contributed by atoms with Gasteiger partial charge in [-0.25, -0.2) is 0 Å². The van der Waals surface area contributed by atoms with Gasteiger partial charge in [-0.05, 0) is 38.1 Å². The van der Waals surface area contributed by atoms with E-state index in [0.717, 1.165) is 0 Å². The maximum Gasteiger partial charge on any atom is 0.307 e. The minimum Gasteiger partial charge on any atom is -0.490 e. The zero-order chi connectivity index (χ0) is 15.7. The molecule has 114 valence electrons. The summed E-state index contributed by atoms with van der Waals surface area (Å²) in [5.41, 5.74) is 0.512. The molecule has 0 spiro atoms. The number of rotatable bonds is 8. The number of hydrogen-bond donors (Lipinski definition) is 1. The highest BCUT2D eigenvalue weighted by Crippen LogP contribution is 2.12. The van der Waals surface area contributed by atoms with E-state index in [9.17, 15) is 9.59 Å². The van der Waals surface area contributed by atoms with Gasteiger partial charge in [0.25, 0.3) is 5.91 Å². The summed E-state index contributed by atoms with van der Waals surface area (Å²) in [6, 6.07) is 6.76. The molecule has 0 atom stereocenters. The molecule has 0 radical (unpaired) electrons. The van der Waals surface area contributed by atoms with Crippen molar-refractivity contribution in [3.8, 4) is 5.75 Å². The van der Waals surface area contributed by atoms with Crippen molar-refractivity contribution in [1.82, 2.24) is 5.32 Å². The topological polar surface area (TPSA) is 64.6 Å². The standard InChI is InChI=1S/C16H21NO4/c1-4-11-20-14-7-5-13(6-8-14)16(19)17-10-9-15(18)21-12(2)3/h4-8,12H,1,9-11H2,2-3H3,(H,17,19). The molecule has 0 heterocycles. The lowest BCUT2D eigenvalue weighted by molar-refractivity contribution is -0.147. The van der Waals surface area contributed by atoms with Gasteiger partial charge in [0.1, 0.15) is 12.4 Å². The second-order valence-corrected chi connectivity index (χ2v) is 4.67. The number of amides is 1. The van der Waals surface area contributed by atoms with Crippen molar-refractivity contribution in [3.63, 3.8) is 0 Å². The van der Waals surface area contributed by atoms with Crippen LogP contribution in [0.2, 0.25) is 0 Å². The number of esters is 1. The van der Waals surface area contributed by atoms with Gasteiger partial charge in [-0.15, -0.1) is 0 Å². The summed E-state index contributed by atoms with van der Waals surface area (Å²) in [6.45, 7) is 7.80. The van der Waals surface area contributed by atoms with Gasteiger partial charge in [-0.2, -0.15) is 0 Å². The summed E-state index contributed by atoms with van der Waals surface area (Å²) in [5.74, 6) is 0.119. The van der Waals surface area contributed by atoms with E-state index < -0.39 is 0 Å². The van der Waals surface area contributed by atoms with Crippen LogP contribution in [0.3, 0.4) is 0 Å². The fourth-order valence-electron chi connectivity index (χ4n) is 1.56.